The molecule has 1 aromatic carbocycles. The Hall–Kier alpha value is -2.14. The first-order chi connectivity index (χ1) is 9.74. The molecule has 0 aliphatic carbocycles. The van der Waals surface area contributed by atoms with Crippen LogP contribution in [0.4, 0.5) is 0 Å². The third-order valence-corrected chi connectivity index (χ3v) is 3.75. The molecule has 5 heteroatoms. The van der Waals surface area contributed by atoms with Gasteiger partial charge >= 0.3 is 0 Å². The molecular weight excluding hydrogens is 318 g/mol. The third kappa shape index (κ3) is 2.58. The second kappa shape index (κ2) is 5.46. The summed E-state index contributed by atoms with van der Waals surface area (Å²) < 4.78 is 0.972. The van der Waals surface area contributed by atoms with E-state index in [0.29, 0.717) is 12.2 Å². The first-order valence-electron chi connectivity index (χ1n) is 6.18. The molecule has 3 rings (SSSR count). The van der Waals surface area contributed by atoms with Crippen molar-refractivity contribution in [3.63, 3.8) is 0 Å². The summed E-state index contributed by atoms with van der Waals surface area (Å²) in [5.74, 6) is -0.120. The molecule has 0 bridgehead atoms. The number of carbonyl (C=O) groups excluding carboxylic acids is 1. The largest absolute Gasteiger partial charge is 0.350 e. The number of nitrogens with one attached hydrogen (secondary N) is 2. The first kappa shape index (κ1) is 12.9. The van der Waals surface area contributed by atoms with Crippen LogP contribution in [0.5, 0.6) is 0 Å². The fourth-order valence-electron chi connectivity index (χ4n) is 2.02. The van der Waals surface area contributed by atoms with E-state index < -0.39 is 0 Å². The summed E-state index contributed by atoms with van der Waals surface area (Å²) in [5, 5.41) is 3.88. The second-order valence-corrected chi connectivity index (χ2v) is 5.28. The van der Waals surface area contributed by atoms with Gasteiger partial charge in [-0.15, -0.1) is 0 Å². The smallest absolute Gasteiger partial charge is 0.267 e. The molecule has 0 radical (unpaired) electrons. The molecule has 4 nitrogen and oxygen atoms in total. The monoisotopic (exact) mass is 329 g/mol. The Bertz CT molecular complexity index is 752. The maximum atomic E-state index is 12.1. The highest BCUT2D eigenvalue weighted by Gasteiger charge is 2.10. The number of benzene rings is 1. The lowest BCUT2D eigenvalue weighted by Crippen LogP contribution is -2.23. The van der Waals surface area contributed by atoms with Crippen LogP contribution in [0.25, 0.3) is 10.9 Å². The van der Waals surface area contributed by atoms with Gasteiger partial charge in [0.05, 0.1) is 0 Å². The van der Waals surface area contributed by atoms with Gasteiger partial charge in [-0.05, 0) is 35.9 Å². The predicted molar refractivity (Wildman–Crippen MR) is 81.4 cm³/mol. The van der Waals surface area contributed by atoms with Gasteiger partial charge in [0, 0.05) is 34.3 Å². The highest BCUT2D eigenvalue weighted by atomic mass is 79.9. The molecule has 0 spiro atoms. The molecule has 2 heterocycles. The maximum Gasteiger partial charge on any atom is 0.267 e. The Balaban J connectivity index is 1.77. The minimum Gasteiger partial charge on any atom is -0.350 e. The maximum absolute atomic E-state index is 12.1. The minimum atomic E-state index is -0.120. The number of fused-ring (bicyclic) bond motifs is 1. The molecule has 2 aromatic heterocycles. The van der Waals surface area contributed by atoms with Gasteiger partial charge in [0.2, 0.25) is 0 Å². The predicted octanol–water partition coefficient (Wildman–Crippen LogP) is 3.26. The summed E-state index contributed by atoms with van der Waals surface area (Å²) >= 11 is 3.48. The van der Waals surface area contributed by atoms with Crippen LogP contribution < -0.4 is 5.32 Å². The van der Waals surface area contributed by atoms with Crippen molar-refractivity contribution in [2.24, 2.45) is 0 Å². The zero-order chi connectivity index (χ0) is 13.9. The molecule has 1 amide bonds. The molecule has 0 unspecified atom stereocenters. The zero-order valence-corrected chi connectivity index (χ0v) is 12.1. The first-order valence-corrected chi connectivity index (χ1v) is 6.97. The van der Waals surface area contributed by atoms with E-state index in [0.717, 1.165) is 20.9 Å². The van der Waals surface area contributed by atoms with Crippen molar-refractivity contribution in [2.45, 2.75) is 6.54 Å². The summed E-state index contributed by atoms with van der Waals surface area (Å²) in [5.41, 5.74) is 2.51. The van der Waals surface area contributed by atoms with Gasteiger partial charge in [0.25, 0.3) is 5.91 Å². The number of H-pyrrole nitrogens is 1. The number of hydrogen-bond donors (Lipinski definition) is 2. The fraction of sp³-hybridized carbons (Fsp3) is 0.0667. The van der Waals surface area contributed by atoms with Crippen LogP contribution in [0.2, 0.25) is 0 Å². The van der Waals surface area contributed by atoms with Crippen molar-refractivity contribution in [3.05, 3.63) is 64.5 Å². The lowest BCUT2D eigenvalue weighted by atomic mass is 10.2. The van der Waals surface area contributed by atoms with Gasteiger partial charge in [-0.1, -0.05) is 22.0 Å². The molecule has 0 aliphatic rings. The molecule has 20 heavy (non-hydrogen) atoms. The Morgan fingerprint density at radius 2 is 2.05 bits per heavy atom. The lowest BCUT2D eigenvalue weighted by molar-refractivity contribution is 0.0947. The van der Waals surface area contributed by atoms with E-state index in [-0.39, 0.29) is 5.91 Å². The molecule has 0 atom stereocenters. The average Bonchev–Trinajstić information content (AvgIpc) is 2.91. The Kier molecular flexibility index (Phi) is 3.52. The minimum absolute atomic E-state index is 0.120. The standard InChI is InChI=1S/C15H12BrN3O/c16-12-2-1-3-13-11(12)8-14(19-13)15(20)18-9-10-4-6-17-7-5-10/h1-8,19H,9H2,(H,18,20). The van der Waals surface area contributed by atoms with Gasteiger partial charge in [-0.2, -0.15) is 0 Å². The van der Waals surface area contributed by atoms with Gasteiger partial charge in [0.15, 0.2) is 0 Å². The number of rotatable bonds is 3. The van der Waals surface area contributed by atoms with Crippen LogP contribution in [0, 0.1) is 0 Å². The number of pyridine rings is 1. The molecule has 0 saturated heterocycles. The van der Waals surface area contributed by atoms with E-state index in [2.05, 4.69) is 31.2 Å². The van der Waals surface area contributed by atoms with Crippen molar-refractivity contribution < 1.29 is 4.79 Å². The second-order valence-electron chi connectivity index (χ2n) is 4.42. The quantitative estimate of drug-likeness (QED) is 0.774. The lowest BCUT2D eigenvalue weighted by Gasteiger charge is -2.03. The normalized spacial score (nSPS) is 10.7. The molecule has 2 N–H and O–H groups in total. The number of hydrogen-bond acceptors (Lipinski definition) is 2. The molecule has 0 aliphatic heterocycles. The van der Waals surface area contributed by atoms with Crippen LogP contribution in [0.3, 0.4) is 0 Å². The number of halogens is 1. The van der Waals surface area contributed by atoms with Crippen LogP contribution in [0.1, 0.15) is 16.1 Å². The molecule has 0 saturated carbocycles. The average molecular weight is 330 g/mol. The van der Waals surface area contributed by atoms with Crippen molar-refractivity contribution >= 4 is 32.7 Å². The summed E-state index contributed by atoms with van der Waals surface area (Å²) in [4.78, 5) is 19.2. The number of carbonyl (C=O) groups is 1. The highest BCUT2D eigenvalue weighted by molar-refractivity contribution is 9.10. The van der Waals surface area contributed by atoms with Crippen LogP contribution in [0.15, 0.2) is 53.3 Å². The summed E-state index contributed by atoms with van der Waals surface area (Å²) in [6.45, 7) is 0.484. The van der Waals surface area contributed by atoms with Crippen molar-refractivity contribution in [1.82, 2.24) is 15.3 Å². The van der Waals surface area contributed by atoms with Crippen LogP contribution >= 0.6 is 15.9 Å². The van der Waals surface area contributed by atoms with Crippen molar-refractivity contribution in [3.8, 4) is 0 Å². The molecule has 100 valence electrons. The van der Waals surface area contributed by atoms with Crippen LogP contribution in [-0.4, -0.2) is 15.9 Å². The Morgan fingerprint density at radius 1 is 1.25 bits per heavy atom. The van der Waals surface area contributed by atoms with Crippen molar-refractivity contribution in [1.29, 1.82) is 0 Å². The third-order valence-electron chi connectivity index (χ3n) is 3.06. The van der Waals surface area contributed by atoms with E-state index in [1.807, 2.05) is 36.4 Å². The number of aromatic amines is 1. The highest BCUT2D eigenvalue weighted by Crippen LogP contribution is 2.24. The van der Waals surface area contributed by atoms with Gasteiger partial charge in [0.1, 0.15) is 5.69 Å². The van der Waals surface area contributed by atoms with E-state index >= 15 is 0 Å². The summed E-state index contributed by atoms with van der Waals surface area (Å²) in [7, 11) is 0. The summed E-state index contributed by atoms with van der Waals surface area (Å²) in [6, 6.07) is 11.4. The SMILES string of the molecule is O=C(NCc1ccncc1)c1cc2c(Br)cccc2[nH]1. The summed E-state index contributed by atoms with van der Waals surface area (Å²) in [6.07, 6.45) is 3.42. The number of aromatic nitrogens is 2. The number of nitrogens with zero attached hydrogens (tertiary/aromatic N) is 1. The molecule has 3 aromatic rings. The number of amides is 1. The van der Waals surface area contributed by atoms with Gasteiger partial charge in [-0.3, -0.25) is 9.78 Å². The zero-order valence-electron chi connectivity index (χ0n) is 10.6. The van der Waals surface area contributed by atoms with Gasteiger partial charge in [-0.25, -0.2) is 0 Å². The fourth-order valence-corrected chi connectivity index (χ4v) is 2.50. The van der Waals surface area contributed by atoms with E-state index in [1.54, 1.807) is 12.4 Å². The van der Waals surface area contributed by atoms with Crippen molar-refractivity contribution in [2.75, 3.05) is 0 Å². The molecular formula is C15H12BrN3O. The topological polar surface area (TPSA) is 57.8 Å². The molecule has 0 fully saturated rings. The van der Waals surface area contributed by atoms with Crippen LogP contribution in [-0.2, 0) is 6.54 Å². The Labute approximate surface area is 124 Å². The van der Waals surface area contributed by atoms with E-state index in [9.17, 15) is 4.79 Å². The van der Waals surface area contributed by atoms with E-state index in [4.69, 9.17) is 0 Å². The Morgan fingerprint density at radius 3 is 2.80 bits per heavy atom. The van der Waals surface area contributed by atoms with Gasteiger partial charge < -0.3 is 10.3 Å². The van der Waals surface area contributed by atoms with E-state index in [1.165, 1.54) is 0 Å².